The van der Waals surface area contributed by atoms with Crippen LogP contribution >= 0.6 is 0 Å². The topological polar surface area (TPSA) is 105 Å². The van der Waals surface area contributed by atoms with E-state index in [0.717, 1.165) is 32.2 Å². The van der Waals surface area contributed by atoms with Gasteiger partial charge in [0.2, 0.25) is 17.7 Å². The largest absolute Gasteiger partial charge is 0.378 e. The quantitative estimate of drug-likeness (QED) is 0.475. The molecule has 3 N–H and O–H groups in total. The molecule has 3 rings (SSSR count). The average molecular weight is 479 g/mol. The summed E-state index contributed by atoms with van der Waals surface area (Å²) in [7, 11) is 0. The molecule has 0 bridgehead atoms. The van der Waals surface area contributed by atoms with E-state index in [1.54, 1.807) is 4.90 Å². The number of nitrogens with zero attached hydrogens (tertiary/aromatic N) is 2. The van der Waals surface area contributed by atoms with Crippen molar-refractivity contribution in [2.45, 2.75) is 96.1 Å². The highest BCUT2D eigenvalue weighted by Gasteiger charge is 2.32. The fourth-order valence-electron chi connectivity index (χ4n) is 5.97. The van der Waals surface area contributed by atoms with E-state index in [4.69, 9.17) is 10.5 Å². The van der Waals surface area contributed by atoms with E-state index in [9.17, 15) is 14.4 Å². The lowest BCUT2D eigenvalue weighted by atomic mass is 9.81. The Kier molecular flexibility index (Phi) is 11.1. The molecule has 2 aliphatic carbocycles. The summed E-state index contributed by atoms with van der Waals surface area (Å²) in [6.07, 6.45) is 12.7. The Morgan fingerprint density at radius 3 is 2.21 bits per heavy atom. The lowest BCUT2D eigenvalue weighted by molar-refractivity contribution is -0.140. The van der Waals surface area contributed by atoms with Crippen LogP contribution in [-0.4, -0.2) is 79.0 Å². The van der Waals surface area contributed by atoms with Crippen molar-refractivity contribution in [2.75, 3.05) is 39.4 Å². The van der Waals surface area contributed by atoms with Gasteiger partial charge in [-0.3, -0.25) is 19.3 Å². The summed E-state index contributed by atoms with van der Waals surface area (Å²) in [5.41, 5.74) is 5.75. The molecule has 1 aliphatic heterocycles. The zero-order valence-electron chi connectivity index (χ0n) is 21.1. The molecular formula is C26H46N4O4. The molecule has 0 radical (unpaired) electrons. The Morgan fingerprint density at radius 2 is 1.62 bits per heavy atom. The molecule has 8 heteroatoms. The van der Waals surface area contributed by atoms with Gasteiger partial charge in [0, 0.05) is 38.0 Å². The molecule has 0 aromatic heterocycles. The Balaban J connectivity index is 1.64. The first-order chi connectivity index (χ1) is 16.5. The summed E-state index contributed by atoms with van der Waals surface area (Å²) in [4.78, 5) is 42.9. The molecule has 0 aromatic carbocycles. The molecule has 0 spiro atoms. The Bertz CT molecular complexity index is 655. The number of rotatable bonds is 11. The molecule has 1 heterocycles. The molecule has 3 aliphatic rings. The van der Waals surface area contributed by atoms with Crippen LogP contribution in [0.1, 0.15) is 84.0 Å². The molecule has 34 heavy (non-hydrogen) atoms. The van der Waals surface area contributed by atoms with Crippen LogP contribution in [0.5, 0.6) is 0 Å². The van der Waals surface area contributed by atoms with Gasteiger partial charge in [-0.25, -0.2) is 0 Å². The number of ether oxygens (including phenoxy) is 1. The summed E-state index contributed by atoms with van der Waals surface area (Å²) in [5, 5.41) is 2.97. The highest BCUT2D eigenvalue weighted by molar-refractivity contribution is 5.90. The average Bonchev–Trinajstić information content (AvgIpc) is 2.87. The van der Waals surface area contributed by atoms with Crippen LogP contribution in [0.25, 0.3) is 0 Å². The van der Waals surface area contributed by atoms with Crippen molar-refractivity contribution < 1.29 is 19.1 Å². The minimum Gasteiger partial charge on any atom is -0.378 e. The minimum atomic E-state index is -0.735. The molecule has 1 saturated heterocycles. The summed E-state index contributed by atoms with van der Waals surface area (Å²) in [6, 6.07) is -0.292. The predicted octanol–water partition coefficient (Wildman–Crippen LogP) is 2.45. The summed E-state index contributed by atoms with van der Waals surface area (Å²) in [5.74, 6) is -0.657. The van der Waals surface area contributed by atoms with Crippen LogP contribution < -0.4 is 11.1 Å². The van der Waals surface area contributed by atoms with Crippen molar-refractivity contribution in [1.82, 2.24) is 15.1 Å². The number of nitrogens with one attached hydrogen (secondary N) is 1. The van der Waals surface area contributed by atoms with E-state index in [1.807, 2.05) is 0 Å². The first kappa shape index (κ1) is 26.9. The number of nitrogens with two attached hydrogens (primary N) is 1. The number of likely N-dealkylation sites (N-methyl/N-ethyl adjacent to an activating group) is 1. The molecule has 0 unspecified atom stereocenters. The van der Waals surface area contributed by atoms with Crippen molar-refractivity contribution in [1.29, 1.82) is 0 Å². The SMILES string of the molecule is CCN(C[C@H](NC(=O)[C@@H](CC(=O)N1CCOCC1)CC1CCCCC1)C(N)=O)C1CCCCC1. The van der Waals surface area contributed by atoms with Gasteiger partial charge >= 0.3 is 0 Å². The van der Waals surface area contributed by atoms with E-state index in [1.165, 1.54) is 38.5 Å². The fraction of sp³-hybridized carbons (Fsp3) is 0.885. The highest BCUT2D eigenvalue weighted by atomic mass is 16.5. The second kappa shape index (κ2) is 14.0. The fourth-order valence-corrected chi connectivity index (χ4v) is 5.97. The Morgan fingerprint density at radius 1 is 1.00 bits per heavy atom. The molecule has 3 amide bonds. The maximum Gasteiger partial charge on any atom is 0.241 e. The van der Waals surface area contributed by atoms with Gasteiger partial charge in [0.1, 0.15) is 6.04 Å². The van der Waals surface area contributed by atoms with Crippen LogP contribution in [0.4, 0.5) is 0 Å². The zero-order valence-corrected chi connectivity index (χ0v) is 21.1. The van der Waals surface area contributed by atoms with Gasteiger partial charge in [-0.1, -0.05) is 58.3 Å². The van der Waals surface area contributed by atoms with E-state index in [2.05, 4.69) is 17.1 Å². The van der Waals surface area contributed by atoms with Crippen molar-refractivity contribution >= 4 is 17.7 Å². The maximum atomic E-state index is 13.5. The van der Waals surface area contributed by atoms with Crippen molar-refractivity contribution in [3.05, 3.63) is 0 Å². The van der Waals surface area contributed by atoms with E-state index in [0.29, 0.717) is 51.2 Å². The lowest BCUT2D eigenvalue weighted by Gasteiger charge is -2.36. The van der Waals surface area contributed by atoms with Crippen LogP contribution in [0.3, 0.4) is 0 Å². The van der Waals surface area contributed by atoms with Gasteiger partial charge in [0.25, 0.3) is 0 Å². The predicted molar refractivity (Wildman–Crippen MR) is 132 cm³/mol. The Hall–Kier alpha value is -1.67. The van der Waals surface area contributed by atoms with Crippen LogP contribution in [0, 0.1) is 11.8 Å². The first-order valence-corrected chi connectivity index (χ1v) is 13.7. The second-order valence-corrected chi connectivity index (χ2v) is 10.5. The lowest BCUT2D eigenvalue weighted by Crippen LogP contribution is -2.54. The molecular weight excluding hydrogens is 432 g/mol. The number of hydrogen-bond donors (Lipinski definition) is 2. The molecule has 8 nitrogen and oxygen atoms in total. The second-order valence-electron chi connectivity index (χ2n) is 10.5. The molecule has 2 saturated carbocycles. The van der Waals surface area contributed by atoms with Gasteiger partial charge in [-0.15, -0.1) is 0 Å². The zero-order chi connectivity index (χ0) is 24.3. The molecule has 3 fully saturated rings. The maximum absolute atomic E-state index is 13.5. The van der Waals surface area contributed by atoms with Crippen LogP contribution in [0.15, 0.2) is 0 Å². The van der Waals surface area contributed by atoms with E-state index < -0.39 is 17.9 Å². The number of carbonyl (C=O) groups excluding carboxylic acids is 3. The molecule has 0 aromatic rings. The third-order valence-corrected chi connectivity index (χ3v) is 8.07. The van der Waals surface area contributed by atoms with Gasteiger partial charge in [0.15, 0.2) is 0 Å². The minimum absolute atomic E-state index is 0.00674. The summed E-state index contributed by atoms with van der Waals surface area (Å²) >= 11 is 0. The van der Waals surface area contributed by atoms with Crippen LogP contribution in [-0.2, 0) is 19.1 Å². The number of amides is 3. The van der Waals surface area contributed by atoms with Gasteiger partial charge in [-0.05, 0) is 31.7 Å². The van der Waals surface area contributed by atoms with E-state index >= 15 is 0 Å². The van der Waals surface area contributed by atoms with Gasteiger partial charge in [-0.2, -0.15) is 0 Å². The normalized spacial score (nSPS) is 22.4. The number of morpholine rings is 1. The molecule has 194 valence electrons. The van der Waals surface area contributed by atoms with Crippen molar-refractivity contribution in [3.63, 3.8) is 0 Å². The van der Waals surface area contributed by atoms with Crippen molar-refractivity contribution in [3.8, 4) is 0 Å². The van der Waals surface area contributed by atoms with Gasteiger partial charge in [0.05, 0.1) is 13.2 Å². The third-order valence-electron chi connectivity index (χ3n) is 8.07. The highest BCUT2D eigenvalue weighted by Crippen LogP contribution is 2.31. The number of hydrogen-bond acceptors (Lipinski definition) is 5. The summed E-state index contributed by atoms with van der Waals surface area (Å²) in [6.45, 7) is 5.61. The molecule has 2 atom stereocenters. The number of primary amides is 1. The first-order valence-electron chi connectivity index (χ1n) is 13.7. The van der Waals surface area contributed by atoms with Crippen LogP contribution in [0.2, 0.25) is 0 Å². The summed E-state index contributed by atoms with van der Waals surface area (Å²) < 4.78 is 5.37. The smallest absolute Gasteiger partial charge is 0.241 e. The van der Waals surface area contributed by atoms with Crippen molar-refractivity contribution in [2.24, 2.45) is 17.6 Å². The van der Waals surface area contributed by atoms with E-state index in [-0.39, 0.29) is 18.2 Å². The number of carbonyl (C=O) groups is 3. The standard InChI is InChI=1S/C26H46N4O4/c1-2-29(22-11-7-4-8-12-22)19-23(25(27)32)28-26(33)21(17-20-9-5-3-6-10-20)18-24(31)30-13-15-34-16-14-30/h20-23H,2-19H2,1H3,(H2,27,32)(H,28,33)/t21-,23+/m1/s1. The van der Waals surface area contributed by atoms with Gasteiger partial charge < -0.3 is 20.7 Å². The monoisotopic (exact) mass is 478 g/mol. The third kappa shape index (κ3) is 8.22. The Labute approximate surface area is 205 Å².